The number of carbonyl (C=O) groups excluding carboxylic acids is 1. The highest BCUT2D eigenvalue weighted by atomic mass is 16.5. The van der Waals surface area contributed by atoms with Crippen LogP contribution in [0.4, 0.5) is 0 Å². The minimum Gasteiger partial charge on any atom is -0.466 e. The Bertz CT molecular complexity index is 1190. The molecule has 2 aromatic carbocycles. The van der Waals surface area contributed by atoms with Gasteiger partial charge in [-0.3, -0.25) is 9.69 Å². The van der Waals surface area contributed by atoms with Crippen molar-refractivity contribution < 1.29 is 14.3 Å². The molecule has 4 heterocycles. The molecule has 34 heavy (non-hydrogen) atoms. The number of para-hydroxylation sites is 1. The Labute approximate surface area is 201 Å². The Morgan fingerprint density at radius 3 is 2.71 bits per heavy atom. The second-order valence-electron chi connectivity index (χ2n) is 10.2. The van der Waals surface area contributed by atoms with Gasteiger partial charge in [-0.05, 0) is 48.8 Å². The Balaban J connectivity index is 1.59. The number of H-pyrrole nitrogens is 1. The lowest BCUT2D eigenvalue weighted by Gasteiger charge is -2.61. The molecule has 3 aromatic rings. The van der Waals surface area contributed by atoms with Gasteiger partial charge in [0.15, 0.2) is 0 Å². The molecule has 6 atom stereocenters. The van der Waals surface area contributed by atoms with Crippen molar-refractivity contribution in [3.8, 4) is 0 Å². The number of benzene rings is 2. The molecule has 1 unspecified atom stereocenters. The molecule has 5 heteroatoms. The highest BCUT2D eigenvalue weighted by molar-refractivity contribution is 5.86. The average molecular weight is 459 g/mol. The van der Waals surface area contributed by atoms with Crippen molar-refractivity contribution in [3.63, 3.8) is 0 Å². The molecule has 5 nitrogen and oxygen atoms in total. The van der Waals surface area contributed by atoms with Crippen LogP contribution in [-0.2, 0) is 32.9 Å². The predicted molar refractivity (Wildman–Crippen MR) is 132 cm³/mol. The minimum absolute atomic E-state index is 0.105. The zero-order valence-corrected chi connectivity index (χ0v) is 20.1. The van der Waals surface area contributed by atoms with E-state index in [1.807, 2.05) is 13.0 Å². The van der Waals surface area contributed by atoms with Gasteiger partial charge in [0.2, 0.25) is 0 Å². The maximum Gasteiger partial charge on any atom is 0.312 e. The molecule has 0 amide bonds. The highest BCUT2D eigenvalue weighted by Crippen LogP contribution is 2.59. The van der Waals surface area contributed by atoms with Crippen molar-refractivity contribution in [2.24, 2.45) is 17.8 Å². The van der Waals surface area contributed by atoms with E-state index in [-0.39, 0.29) is 23.8 Å². The summed E-state index contributed by atoms with van der Waals surface area (Å²) in [5.41, 5.74) is 3.92. The zero-order chi connectivity index (χ0) is 23.3. The third-order valence-corrected chi connectivity index (χ3v) is 8.53. The summed E-state index contributed by atoms with van der Waals surface area (Å²) in [7, 11) is 0. The van der Waals surface area contributed by atoms with Crippen molar-refractivity contribution in [1.82, 2.24) is 9.88 Å². The molecule has 1 N–H and O–H groups in total. The highest BCUT2D eigenvalue weighted by Gasteiger charge is 2.67. The third kappa shape index (κ3) is 3.17. The van der Waals surface area contributed by atoms with Crippen LogP contribution in [0.1, 0.15) is 43.5 Å². The summed E-state index contributed by atoms with van der Waals surface area (Å²) >= 11 is 0. The number of piperidine rings is 2. The van der Waals surface area contributed by atoms with Crippen molar-refractivity contribution in [3.05, 3.63) is 71.4 Å². The second kappa shape index (κ2) is 8.54. The van der Waals surface area contributed by atoms with E-state index in [9.17, 15) is 4.79 Å². The van der Waals surface area contributed by atoms with Crippen LogP contribution in [0.3, 0.4) is 0 Å². The van der Waals surface area contributed by atoms with Crippen molar-refractivity contribution in [1.29, 1.82) is 0 Å². The molecule has 1 aromatic heterocycles. The van der Waals surface area contributed by atoms with Crippen molar-refractivity contribution in [2.75, 3.05) is 19.7 Å². The monoisotopic (exact) mass is 458 g/mol. The van der Waals surface area contributed by atoms with Gasteiger partial charge in [-0.2, -0.15) is 0 Å². The fraction of sp³-hybridized carbons (Fsp3) is 0.483. The van der Waals surface area contributed by atoms with E-state index in [0.29, 0.717) is 19.1 Å². The number of nitrogens with one attached hydrogen (secondary N) is 1. The number of hydrogen-bond acceptors (Lipinski definition) is 4. The molecule has 1 saturated carbocycles. The summed E-state index contributed by atoms with van der Waals surface area (Å²) in [6.45, 7) is 7.00. The molecule has 3 fully saturated rings. The first-order valence-electron chi connectivity index (χ1n) is 12.9. The largest absolute Gasteiger partial charge is 0.466 e. The van der Waals surface area contributed by atoms with Crippen LogP contribution in [0.25, 0.3) is 10.9 Å². The van der Waals surface area contributed by atoms with Gasteiger partial charge >= 0.3 is 5.97 Å². The Morgan fingerprint density at radius 1 is 1.12 bits per heavy atom. The lowest BCUT2D eigenvalue weighted by molar-refractivity contribution is -0.241. The molecule has 178 valence electrons. The van der Waals surface area contributed by atoms with E-state index in [1.54, 1.807) is 0 Å². The van der Waals surface area contributed by atoms with Gasteiger partial charge in [-0.25, -0.2) is 0 Å². The van der Waals surface area contributed by atoms with Crippen LogP contribution >= 0.6 is 0 Å². The fourth-order valence-electron chi connectivity index (χ4n) is 7.30. The molecule has 4 bridgehead atoms. The van der Waals surface area contributed by atoms with Crippen LogP contribution in [0.2, 0.25) is 0 Å². The van der Waals surface area contributed by atoms with Gasteiger partial charge in [0, 0.05) is 30.0 Å². The van der Waals surface area contributed by atoms with Gasteiger partial charge in [-0.15, -0.1) is 0 Å². The maximum atomic E-state index is 13.7. The molecular formula is C29H34N2O3. The van der Waals surface area contributed by atoms with Crippen LogP contribution in [0.5, 0.6) is 0 Å². The number of aromatic amines is 1. The topological polar surface area (TPSA) is 54.6 Å². The number of rotatable bonds is 6. The first-order valence-corrected chi connectivity index (χ1v) is 12.9. The minimum atomic E-state index is -0.755. The smallest absolute Gasteiger partial charge is 0.312 e. The van der Waals surface area contributed by atoms with Crippen LogP contribution in [-0.4, -0.2) is 41.6 Å². The van der Waals surface area contributed by atoms with E-state index in [4.69, 9.17) is 9.47 Å². The predicted octanol–water partition coefficient (Wildman–Crippen LogP) is 5.05. The zero-order valence-electron chi connectivity index (χ0n) is 20.1. The second-order valence-corrected chi connectivity index (χ2v) is 10.2. The summed E-state index contributed by atoms with van der Waals surface area (Å²) in [5.74, 6) is 0.288. The van der Waals surface area contributed by atoms with Gasteiger partial charge in [0.25, 0.3) is 0 Å². The Morgan fingerprint density at radius 2 is 1.91 bits per heavy atom. The standard InChI is InChI=1S/C29H34N2O3/c1-3-20-16-21-17-31-15-14-23-22-12-8-9-13-24(22)30-26(23)29(27(20)31,25(21)28(32)33-4-2)34-18-19-10-6-5-7-11-19/h5-13,20-21,25,27,30H,3-4,14-18H2,1-2H3/t20-,21-,25?,27-,29+/m0/s1. The van der Waals surface area contributed by atoms with Crippen LogP contribution in [0.15, 0.2) is 54.6 Å². The van der Waals surface area contributed by atoms with E-state index in [2.05, 4.69) is 65.3 Å². The molecule has 0 spiro atoms. The fourth-order valence-corrected chi connectivity index (χ4v) is 7.30. The van der Waals surface area contributed by atoms with Crippen LogP contribution < -0.4 is 0 Å². The maximum absolute atomic E-state index is 13.7. The first-order chi connectivity index (χ1) is 16.7. The van der Waals surface area contributed by atoms with E-state index >= 15 is 0 Å². The number of fused-ring (bicyclic) bond motifs is 4. The third-order valence-electron chi connectivity index (χ3n) is 8.53. The van der Waals surface area contributed by atoms with E-state index in [1.165, 1.54) is 10.9 Å². The number of hydrogen-bond donors (Lipinski definition) is 1. The number of esters is 1. The van der Waals surface area contributed by atoms with Gasteiger partial charge < -0.3 is 14.5 Å². The first kappa shape index (κ1) is 21.9. The van der Waals surface area contributed by atoms with Crippen molar-refractivity contribution in [2.45, 2.75) is 51.4 Å². The summed E-state index contributed by atoms with van der Waals surface area (Å²) in [6.07, 6.45) is 3.11. The summed E-state index contributed by atoms with van der Waals surface area (Å²) in [4.78, 5) is 20.1. The molecule has 7 rings (SSSR count). The number of ether oxygens (including phenoxy) is 2. The lowest BCUT2D eigenvalue weighted by Crippen LogP contribution is -2.71. The molecule has 0 radical (unpaired) electrons. The SMILES string of the molecule is CCOC(=O)C1[C@H]2C[C@H](CC)[C@@H]3[N@@](CCc4c([nH]c5ccccc45)[C@]13OCc1ccccc1)C2. The summed E-state index contributed by atoms with van der Waals surface area (Å²) < 4.78 is 12.9. The quantitative estimate of drug-likeness (QED) is 0.526. The Hall–Kier alpha value is -2.63. The van der Waals surface area contributed by atoms with Gasteiger partial charge in [0.05, 0.1) is 24.8 Å². The summed E-state index contributed by atoms with van der Waals surface area (Å²) in [5, 5.41) is 1.25. The van der Waals surface area contributed by atoms with Crippen LogP contribution in [0, 0.1) is 17.8 Å². The van der Waals surface area contributed by atoms with E-state index < -0.39 is 5.60 Å². The molecule has 2 saturated heterocycles. The summed E-state index contributed by atoms with van der Waals surface area (Å²) in [6, 6.07) is 19.0. The normalized spacial score (nSPS) is 31.8. The molecular weight excluding hydrogens is 424 g/mol. The Kier molecular flexibility index (Phi) is 5.50. The number of nitrogens with zero attached hydrogens (tertiary/aromatic N) is 1. The van der Waals surface area contributed by atoms with Gasteiger partial charge in [-0.1, -0.05) is 61.9 Å². The van der Waals surface area contributed by atoms with E-state index in [0.717, 1.165) is 49.1 Å². The molecule has 1 aliphatic carbocycles. The number of aromatic nitrogens is 1. The average Bonchev–Trinajstić information content (AvgIpc) is 3.21. The molecule has 3 aliphatic heterocycles. The van der Waals surface area contributed by atoms with Crippen molar-refractivity contribution >= 4 is 16.9 Å². The molecule has 4 aliphatic rings. The number of carbonyl (C=O) groups is 1. The lowest BCUT2D eigenvalue weighted by atomic mass is 9.56. The van der Waals surface area contributed by atoms with Gasteiger partial charge in [0.1, 0.15) is 5.60 Å².